The van der Waals surface area contributed by atoms with Crippen LogP contribution in [0.2, 0.25) is 0 Å². The number of rotatable bonds is 12. The number of carbonyl (C=O) groups excluding carboxylic acids is 1. The zero-order valence-electron chi connectivity index (χ0n) is 14.8. The molecule has 0 saturated carbocycles. The van der Waals surface area contributed by atoms with E-state index in [-0.39, 0.29) is 5.78 Å². The third-order valence-electron chi connectivity index (χ3n) is 3.89. The summed E-state index contributed by atoms with van der Waals surface area (Å²) in [5, 5.41) is 0. The molecule has 0 fully saturated rings. The van der Waals surface area contributed by atoms with Gasteiger partial charge in [0, 0.05) is 6.42 Å². The highest BCUT2D eigenvalue weighted by Gasteiger charge is 2.05. The quantitative estimate of drug-likeness (QED) is 0.396. The summed E-state index contributed by atoms with van der Waals surface area (Å²) in [6.45, 7) is 2.22. The Morgan fingerprint density at radius 1 is 1.04 bits per heavy atom. The van der Waals surface area contributed by atoms with Crippen LogP contribution in [0, 0.1) is 0 Å². The van der Waals surface area contributed by atoms with E-state index in [1.54, 1.807) is 20.3 Å². The fourth-order valence-corrected chi connectivity index (χ4v) is 2.47. The van der Waals surface area contributed by atoms with Gasteiger partial charge in [-0.2, -0.15) is 0 Å². The van der Waals surface area contributed by atoms with E-state index in [0.717, 1.165) is 18.4 Å². The highest BCUT2D eigenvalue weighted by molar-refractivity contribution is 5.89. The van der Waals surface area contributed by atoms with E-state index in [1.807, 2.05) is 24.3 Å². The van der Waals surface area contributed by atoms with Gasteiger partial charge in [-0.15, -0.1) is 0 Å². The standard InChI is InChI=1S/C20H30O3/c1-4-5-6-7-8-9-10-11-18(21)14-12-17-13-15-19(22-2)20(16-17)23-3/h10-11,13,15-16H,4-9,12,14H2,1-3H3. The molecule has 0 radical (unpaired) electrons. The lowest BCUT2D eigenvalue weighted by Crippen LogP contribution is -1.97. The van der Waals surface area contributed by atoms with Gasteiger partial charge in [-0.05, 0) is 43.0 Å². The molecule has 0 N–H and O–H groups in total. The predicted molar refractivity (Wildman–Crippen MR) is 95.4 cm³/mol. The van der Waals surface area contributed by atoms with Gasteiger partial charge in [0.15, 0.2) is 17.3 Å². The summed E-state index contributed by atoms with van der Waals surface area (Å²) in [5.41, 5.74) is 1.09. The van der Waals surface area contributed by atoms with Gasteiger partial charge in [0.1, 0.15) is 0 Å². The van der Waals surface area contributed by atoms with E-state index in [0.29, 0.717) is 17.9 Å². The molecule has 0 saturated heterocycles. The van der Waals surface area contributed by atoms with Crippen LogP contribution in [-0.2, 0) is 11.2 Å². The van der Waals surface area contributed by atoms with Gasteiger partial charge in [-0.3, -0.25) is 4.79 Å². The number of aryl methyl sites for hydroxylation is 1. The van der Waals surface area contributed by atoms with Gasteiger partial charge in [-0.25, -0.2) is 0 Å². The Bertz CT molecular complexity index is 492. The van der Waals surface area contributed by atoms with Crippen molar-refractivity contribution in [1.82, 2.24) is 0 Å². The first-order valence-corrected chi connectivity index (χ1v) is 8.61. The Labute approximate surface area is 140 Å². The number of hydrogen-bond donors (Lipinski definition) is 0. The number of carbonyl (C=O) groups is 1. The maximum absolute atomic E-state index is 11.9. The molecule has 0 heterocycles. The van der Waals surface area contributed by atoms with Crippen molar-refractivity contribution in [2.45, 2.75) is 58.3 Å². The van der Waals surface area contributed by atoms with Gasteiger partial charge < -0.3 is 9.47 Å². The lowest BCUT2D eigenvalue weighted by Gasteiger charge is -2.09. The molecule has 0 unspecified atom stereocenters. The van der Waals surface area contributed by atoms with Gasteiger partial charge >= 0.3 is 0 Å². The van der Waals surface area contributed by atoms with Crippen molar-refractivity contribution in [3.8, 4) is 11.5 Å². The fraction of sp³-hybridized carbons (Fsp3) is 0.550. The maximum Gasteiger partial charge on any atom is 0.160 e. The van der Waals surface area contributed by atoms with Crippen LogP contribution in [-0.4, -0.2) is 20.0 Å². The Morgan fingerprint density at radius 2 is 1.78 bits per heavy atom. The number of ketones is 1. The summed E-state index contributed by atoms with van der Waals surface area (Å²) < 4.78 is 10.5. The normalized spacial score (nSPS) is 10.9. The largest absolute Gasteiger partial charge is 0.493 e. The van der Waals surface area contributed by atoms with Crippen molar-refractivity contribution < 1.29 is 14.3 Å². The maximum atomic E-state index is 11.9. The van der Waals surface area contributed by atoms with Crippen molar-refractivity contribution >= 4 is 5.78 Å². The first-order valence-electron chi connectivity index (χ1n) is 8.61. The van der Waals surface area contributed by atoms with Crippen LogP contribution >= 0.6 is 0 Å². The molecule has 0 atom stereocenters. The highest BCUT2D eigenvalue weighted by Crippen LogP contribution is 2.27. The SMILES string of the molecule is CCCCCCCC=CC(=O)CCc1ccc(OC)c(OC)c1. The third-order valence-corrected chi connectivity index (χ3v) is 3.89. The van der Waals surface area contributed by atoms with Gasteiger partial charge in [0.2, 0.25) is 0 Å². The molecule has 0 amide bonds. The first-order chi connectivity index (χ1) is 11.2. The van der Waals surface area contributed by atoms with Crippen molar-refractivity contribution in [3.63, 3.8) is 0 Å². The lowest BCUT2D eigenvalue weighted by molar-refractivity contribution is -0.114. The first kappa shape index (κ1) is 19.3. The highest BCUT2D eigenvalue weighted by atomic mass is 16.5. The molecule has 0 aliphatic carbocycles. The Hall–Kier alpha value is -1.77. The second kappa shape index (κ2) is 11.8. The van der Waals surface area contributed by atoms with Crippen LogP contribution in [0.15, 0.2) is 30.4 Å². The zero-order chi connectivity index (χ0) is 16.9. The fourth-order valence-electron chi connectivity index (χ4n) is 2.47. The van der Waals surface area contributed by atoms with Crippen LogP contribution in [0.25, 0.3) is 0 Å². The molecule has 128 valence electrons. The molecule has 3 nitrogen and oxygen atoms in total. The van der Waals surface area contributed by atoms with E-state index >= 15 is 0 Å². The van der Waals surface area contributed by atoms with E-state index < -0.39 is 0 Å². The summed E-state index contributed by atoms with van der Waals surface area (Å²) in [7, 11) is 3.24. The second-order valence-electron chi connectivity index (χ2n) is 5.76. The Morgan fingerprint density at radius 3 is 2.48 bits per heavy atom. The Kier molecular flexibility index (Phi) is 9.85. The van der Waals surface area contributed by atoms with Crippen molar-refractivity contribution in [1.29, 1.82) is 0 Å². The third kappa shape index (κ3) is 7.87. The Balaban J connectivity index is 2.30. The van der Waals surface area contributed by atoms with E-state index in [9.17, 15) is 4.79 Å². The minimum Gasteiger partial charge on any atom is -0.493 e. The smallest absolute Gasteiger partial charge is 0.160 e. The second-order valence-corrected chi connectivity index (χ2v) is 5.76. The van der Waals surface area contributed by atoms with Crippen LogP contribution in [0.1, 0.15) is 57.4 Å². The number of benzene rings is 1. The molecule has 0 spiro atoms. The van der Waals surface area contributed by atoms with Gasteiger partial charge in [-0.1, -0.05) is 44.7 Å². The van der Waals surface area contributed by atoms with E-state index in [4.69, 9.17) is 9.47 Å². The molecule has 1 aromatic rings. The van der Waals surface area contributed by atoms with Gasteiger partial charge in [0.05, 0.1) is 14.2 Å². The molecule has 0 aromatic heterocycles. The molecular weight excluding hydrogens is 288 g/mol. The summed E-state index contributed by atoms with van der Waals surface area (Å²) in [5.74, 6) is 1.61. The number of methoxy groups -OCH3 is 2. The molecule has 23 heavy (non-hydrogen) atoms. The number of ether oxygens (including phenoxy) is 2. The van der Waals surface area contributed by atoms with Crippen molar-refractivity contribution in [3.05, 3.63) is 35.9 Å². The van der Waals surface area contributed by atoms with Crippen molar-refractivity contribution in [2.24, 2.45) is 0 Å². The summed E-state index contributed by atoms with van der Waals surface area (Å²) in [4.78, 5) is 11.9. The monoisotopic (exact) mass is 318 g/mol. The zero-order valence-corrected chi connectivity index (χ0v) is 14.8. The molecule has 1 rings (SSSR count). The average molecular weight is 318 g/mol. The average Bonchev–Trinajstić information content (AvgIpc) is 2.58. The topological polar surface area (TPSA) is 35.5 Å². The number of hydrogen-bond acceptors (Lipinski definition) is 3. The molecule has 0 bridgehead atoms. The molecule has 1 aromatic carbocycles. The number of unbranched alkanes of at least 4 members (excludes halogenated alkanes) is 5. The van der Waals surface area contributed by atoms with Crippen LogP contribution in [0.5, 0.6) is 11.5 Å². The molecule has 0 aliphatic heterocycles. The van der Waals surface area contributed by atoms with Crippen LogP contribution < -0.4 is 9.47 Å². The molecule has 0 aliphatic rings. The van der Waals surface area contributed by atoms with Crippen molar-refractivity contribution in [2.75, 3.05) is 14.2 Å². The minimum atomic E-state index is 0.188. The molecular formula is C20H30O3. The lowest BCUT2D eigenvalue weighted by atomic mass is 10.1. The number of allylic oxidation sites excluding steroid dienone is 2. The summed E-state index contributed by atoms with van der Waals surface area (Å²) >= 11 is 0. The van der Waals surface area contributed by atoms with Gasteiger partial charge in [0.25, 0.3) is 0 Å². The predicted octanol–water partition coefficient (Wildman–Crippen LogP) is 5.12. The van der Waals surface area contributed by atoms with Crippen LogP contribution in [0.3, 0.4) is 0 Å². The van der Waals surface area contributed by atoms with E-state index in [2.05, 4.69) is 6.92 Å². The summed E-state index contributed by atoms with van der Waals surface area (Å²) in [6, 6.07) is 5.79. The summed E-state index contributed by atoms with van der Waals surface area (Å²) in [6.07, 6.45) is 12.3. The van der Waals surface area contributed by atoms with Crippen LogP contribution in [0.4, 0.5) is 0 Å². The molecule has 3 heteroatoms. The minimum absolute atomic E-state index is 0.188. The van der Waals surface area contributed by atoms with E-state index in [1.165, 1.54) is 32.1 Å².